The number of amides is 1. The van der Waals surface area contributed by atoms with Gasteiger partial charge in [-0.1, -0.05) is 23.2 Å². The van der Waals surface area contributed by atoms with Crippen LogP contribution in [-0.4, -0.2) is 18.6 Å². The Morgan fingerprint density at radius 2 is 1.94 bits per heavy atom. The van der Waals surface area contributed by atoms with Crippen molar-refractivity contribution in [3.63, 3.8) is 0 Å². The molecule has 1 aromatic rings. The fourth-order valence-electron chi connectivity index (χ4n) is 1.36. The van der Waals surface area contributed by atoms with Gasteiger partial charge in [0.1, 0.15) is 0 Å². The highest BCUT2D eigenvalue weighted by molar-refractivity contribution is 6.37. The molecular weight excluding hydrogens is 275 g/mol. The lowest BCUT2D eigenvalue weighted by molar-refractivity contribution is -0.122. The molecule has 4 nitrogen and oxygen atoms in total. The van der Waals surface area contributed by atoms with E-state index >= 15 is 0 Å². The molecule has 0 aromatic heterocycles. The monoisotopic (exact) mass is 290 g/mol. The van der Waals surface area contributed by atoms with Gasteiger partial charge in [-0.2, -0.15) is 0 Å². The summed E-state index contributed by atoms with van der Waals surface area (Å²) in [4.78, 5) is 11.4. The number of benzene rings is 1. The Labute approximate surface area is 116 Å². The summed E-state index contributed by atoms with van der Waals surface area (Å²) in [5.41, 5.74) is 6.04. The van der Waals surface area contributed by atoms with Crippen LogP contribution < -0.4 is 15.8 Å². The summed E-state index contributed by atoms with van der Waals surface area (Å²) < 4.78 is 5.39. The van der Waals surface area contributed by atoms with E-state index in [1.165, 1.54) is 0 Å². The summed E-state index contributed by atoms with van der Waals surface area (Å²) in [5.74, 6) is 0.276. The van der Waals surface area contributed by atoms with Crippen molar-refractivity contribution < 1.29 is 9.53 Å². The predicted molar refractivity (Wildman–Crippen MR) is 74.3 cm³/mol. The average Bonchev–Trinajstić information content (AvgIpc) is 2.20. The van der Waals surface area contributed by atoms with E-state index in [-0.39, 0.29) is 25.0 Å². The molecule has 1 aromatic carbocycles. The lowest BCUT2D eigenvalue weighted by Gasteiger charge is -2.11. The van der Waals surface area contributed by atoms with E-state index in [1.54, 1.807) is 12.1 Å². The Bertz CT molecular complexity index is 413. The van der Waals surface area contributed by atoms with Crippen molar-refractivity contribution in [3.05, 3.63) is 22.2 Å². The number of carbonyl (C=O) groups excluding carboxylic acids is 1. The van der Waals surface area contributed by atoms with E-state index in [4.69, 9.17) is 33.7 Å². The first-order chi connectivity index (χ1) is 8.40. The Kier molecular flexibility index (Phi) is 5.56. The van der Waals surface area contributed by atoms with Gasteiger partial charge in [0.15, 0.2) is 5.75 Å². The zero-order valence-corrected chi connectivity index (χ0v) is 11.8. The first-order valence-corrected chi connectivity index (χ1v) is 6.32. The van der Waals surface area contributed by atoms with Crippen molar-refractivity contribution in [2.45, 2.75) is 26.3 Å². The lowest BCUT2D eigenvalue weighted by atomic mass is 10.3. The molecule has 0 aliphatic heterocycles. The van der Waals surface area contributed by atoms with Crippen LogP contribution in [-0.2, 0) is 4.79 Å². The van der Waals surface area contributed by atoms with Gasteiger partial charge < -0.3 is 15.8 Å². The molecule has 0 saturated carbocycles. The summed E-state index contributed by atoms with van der Waals surface area (Å²) in [6.45, 7) is 4.00. The van der Waals surface area contributed by atoms with Crippen molar-refractivity contribution in [1.29, 1.82) is 0 Å². The van der Waals surface area contributed by atoms with Crippen LogP contribution in [0.15, 0.2) is 12.1 Å². The van der Waals surface area contributed by atoms with Crippen LogP contribution >= 0.6 is 23.2 Å². The average molecular weight is 291 g/mol. The first-order valence-electron chi connectivity index (χ1n) is 5.57. The van der Waals surface area contributed by atoms with Gasteiger partial charge in [-0.3, -0.25) is 4.79 Å². The first kappa shape index (κ1) is 14.9. The third-order valence-electron chi connectivity index (χ3n) is 2.05. The molecule has 18 heavy (non-hydrogen) atoms. The number of anilines is 1. The number of hydrogen-bond acceptors (Lipinski definition) is 3. The van der Waals surface area contributed by atoms with Crippen molar-refractivity contribution >= 4 is 34.8 Å². The third-order valence-corrected chi connectivity index (χ3v) is 2.61. The molecule has 6 heteroatoms. The van der Waals surface area contributed by atoms with E-state index in [0.29, 0.717) is 21.5 Å². The normalized spacial score (nSPS) is 10.5. The van der Waals surface area contributed by atoms with Crippen molar-refractivity contribution in [2.75, 3.05) is 12.3 Å². The SMILES string of the molecule is CC(C)NC(=O)CCOc1c(Cl)cc(N)cc1Cl. The molecule has 1 amide bonds. The Morgan fingerprint density at radius 3 is 2.44 bits per heavy atom. The number of carbonyl (C=O) groups is 1. The Hall–Kier alpha value is -1.13. The van der Waals surface area contributed by atoms with Crippen LogP contribution in [0, 0.1) is 0 Å². The highest BCUT2D eigenvalue weighted by Gasteiger charge is 2.10. The van der Waals surface area contributed by atoms with Crippen LogP contribution in [0.4, 0.5) is 5.69 Å². The van der Waals surface area contributed by atoms with Gasteiger partial charge in [-0.25, -0.2) is 0 Å². The van der Waals surface area contributed by atoms with E-state index in [2.05, 4.69) is 5.32 Å². The minimum atomic E-state index is -0.0762. The topological polar surface area (TPSA) is 64.3 Å². The van der Waals surface area contributed by atoms with Crippen molar-refractivity contribution in [3.8, 4) is 5.75 Å². The van der Waals surface area contributed by atoms with Gasteiger partial charge in [-0.05, 0) is 26.0 Å². The molecule has 0 atom stereocenters. The number of nitrogens with two attached hydrogens (primary N) is 1. The second-order valence-corrected chi connectivity index (χ2v) is 4.95. The summed E-state index contributed by atoms with van der Waals surface area (Å²) in [5, 5.41) is 3.44. The molecular formula is C12H16Cl2N2O2. The van der Waals surface area contributed by atoms with Crippen LogP contribution in [0.2, 0.25) is 10.0 Å². The predicted octanol–water partition coefficient (Wildman–Crippen LogP) is 2.87. The molecule has 0 heterocycles. The number of hydrogen-bond donors (Lipinski definition) is 2. The molecule has 0 unspecified atom stereocenters. The van der Waals surface area contributed by atoms with Crippen LogP contribution in [0.5, 0.6) is 5.75 Å². The smallest absolute Gasteiger partial charge is 0.223 e. The number of rotatable bonds is 5. The number of halogens is 2. The number of ether oxygens (including phenoxy) is 1. The van der Waals surface area contributed by atoms with Gasteiger partial charge in [0.25, 0.3) is 0 Å². The summed E-state index contributed by atoms with van der Waals surface area (Å²) in [6.07, 6.45) is 0.245. The Morgan fingerprint density at radius 1 is 1.39 bits per heavy atom. The van der Waals surface area contributed by atoms with Crippen LogP contribution in [0.1, 0.15) is 20.3 Å². The summed E-state index contributed by atoms with van der Waals surface area (Å²) in [7, 11) is 0. The van der Waals surface area contributed by atoms with Gasteiger partial charge in [0.2, 0.25) is 5.91 Å². The maximum Gasteiger partial charge on any atom is 0.223 e. The number of nitrogens with one attached hydrogen (secondary N) is 1. The summed E-state index contributed by atoms with van der Waals surface area (Å²) >= 11 is 11.9. The van der Waals surface area contributed by atoms with Crippen LogP contribution in [0.3, 0.4) is 0 Å². The second kappa shape index (κ2) is 6.71. The summed E-state index contributed by atoms with van der Waals surface area (Å²) in [6, 6.07) is 3.22. The Balaban J connectivity index is 2.52. The second-order valence-electron chi connectivity index (χ2n) is 4.13. The van der Waals surface area contributed by atoms with E-state index in [9.17, 15) is 4.79 Å². The minimum absolute atomic E-state index is 0.0762. The van der Waals surface area contributed by atoms with Crippen molar-refractivity contribution in [2.24, 2.45) is 0 Å². The molecule has 0 fully saturated rings. The maximum absolute atomic E-state index is 11.4. The van der Waals surface area contributed by atoms with E-state index in [0.717, 1.165) is 0 Å². The van der Waals surface area contributed by atoms with E-state index in [1.807, 2.05) is 13.8 Å². The molecule has 0 radical (unpaired) electrons. The quantitative estimate of drug-likeness (QED) is 0.820. The molecule has 0 saturated heterocycles. The number of nitrogen functional groups attached to an aromatic ring is 1. The molecule has 0 bridgehead atoms. The molecule has 0 aliphatic rings. The maximum atomic E-state index is 11.4. The van der Waals surface area contributed by atoms with Gasteiger partial charge in [0.05, 0.1) is 23.1 Å². The zero-order valence-electron chi connectivity index (χ0n) is 10.3. The lowest BCUT2D eigenvalue weighted by Crippen LogP contribution is -2.31. The molecule has 0 spiro atoms. The standard InChI is InChI=1S/C12H16Cl2N2O2/c1-7(2)16-11(17)3-4-18-12-9(13)5-8(15)6-10(12)14/h5-7H,3-4,15H2,1-2H3,(H,16,17). The molecule has 3 N–H and O–H groups in total. The van der Waals surface area contributed by atoms with Crippen molar-refractivity contribution in [1.82, 2.24) is 5.32 Å². The molecule has 100 valence electrons. The fourth-order valence-corrected chi connectivity index (χ4v) is 1.97. The van der Waals surface area contributed by atoms with Gasteiger partial charge in [-0.15, -0.1) is 0 Å². The highest BCUT2D eigenvalue weighted by atomic mass is 35.5. The fraction of sp³-hybridized carbons (Fsp3) is 0.417. The van der Waals surface area contributed by atoms with Gasteiger partial charge in [0, 0.05) is 11.7 Å². The largest absolute Gasteiger partial charge is 0.490 e. The van der Waals surface area contributed by atoms with E-state index < -0.39 is 0 Å². The minimum Gasteiger partial charge on any atom is -0.490 e. The van der Waals surface area contributed by atoms with Crippen LogP contribution in [0.25, 0.3) is 0 Å². The molecule has 0 aliphatic carbocycles. The highest BCUT2D eigenvalue weighted by Crippen LogP contribution is 2.35. The third kappa shape index (κ3) is 4.63. The molecule has 1 rings (SSSR count). The van der Waals surface area contributed by atoms with Gasteiger partial charge >= 0.3 is 0 Å². The zero-order chi connectivity index (χ0) is 13.7.